The van der Waals surface area contributed by atoms with E-state index in [2.05, 4.69) is 27.5 Å². The highest BCUT2D eigenvalue weighted by Crippen LogP contribution is 2.32. The molecule has 4 rings (SSSR count). The molecule has 1 aliphatic heterocycles. The van der Waals surface area contributed by atoms with Gasteiger partial charge in [-0.15, -0.1) is 11.3 Å². The van der Waals surface area contributed by atoms with Gasteiger partial charge < -0.3 is 0 Å². The van der Waals surface area contributed by atoms with Gasteiger partial charge in [0.05, 0.1) is 9.77 Å². The predicted molar refractivity (Wildman–Crippen MR) is 123 cm³/mol. The van der Waals surface area contributed by atoms with Crippen LogP contribution in [-0.4, -0.2) is 32.1 Å². The summed E-state index contributed by atoms with van der Waals surface area (Å²) >= 11 is 1.46. The number of hydrogen-bond donors (Lipinski definition) is 3. The Kier molecular flexibility index (Phi) is 6.09. The molecule has 2 amide bonds. The maximum absolute atomic E-state index is 12.8. The zero-order chi connectivity index (χ0) is 23.0. The molecule has 2 atom stereocenters. The molecule has 32 heavy (non-hydrogen) atoms. The quantitative estimate of drug-likeness (QED) is 0.590. The molecule has 1 aromatic heterocycles. The van der Waals surface area contributed by atoms with Crippen LogP contribution in [0.5, 0.6) is 0 Å². The fourth-order valence-electron chi connectivity index (χ4n) is 3.95. The second-order valence-electron chi connectivity index (χ2n) is 8.62. The van der Waals surface area contributed by atoms with Gasteiger partial charge >= 0.3 is 0 Å². The third-order valence-corrected chi connectivity index (χ3v) is 8.32. The predicted octanol–water partition coefficient (Wildman–Crippen LogP) is 2.40. The number of amidine groups is 1. The Balaban J connectivity index is 1.47. The molecule has 0 fully saturated rings. The van der Waals surface area contributed by atoms with Gasteiger partial charge in [-0.05, 0) is 54.9 Å². The number of aryl methyl sites for hydroxylation is 1. The van der Waals surface area contributed by atoms with Crippen LogP contribution >= 0.6 is 11.3 Å². The lowest BCUT2D eigenvalue weighted by Crippen LogP contribution is -2.47. The van der Waals surface area contributed by atoms with Crippen LogP contribution in [-0.2, 0) is 27.7 Å². The van der Waals surface area contributed by atoms with Crippen molar-refractivity contribution in [3.63, 3.8) is 0 Å². The summed E-state index contributed by atoms with van der Waals surface area (Å²) in [6.07, 6.45) is 3.06. The van der Waals surface area contributed by atoms with E-state index in [1.807, 2.05) is 6.07 Å². The van der Waals surface area contributed by atoms with Crippen molar-refractivity contribution >= 4 is 39.0 Å². The zero-order valence-corrected chi connectivity index (χ0v) is 19.8. The van der Waals surface area contributed by atoms with Gasteiger partial charge in [-0.25, -0.2) is 8.42 Å². The van der Waals surface area contributed by atoms with Gasteiger partial charge in [0.15, 0.2) is 0 Å². The molecule has 1 aliphatic carbocycles. The number of hydrazine groups is 1. The third-order valence-electron chi connectivity index (χ3n) is 5.68. The second kappa shape index (κ2) is 8.67. The van der Waals surface area contributed by atoms with Crippen molar-refractivity contribution in [1.82, 2.24) is 15.6 Å². The first kappa shape index (κ1) is 22.5. The Morgan fingerprint density at radius 1 is 1.22 bits per heavy atom. The van der Waals surface area contributed by atoms with Gasteiger partial charge in [-0.2, -0.15) is 0 Å². The van der Waals surface area contributed by atoms with Crippen LogP contribution in [0.15, 0.2) is 40.2 Å². The van der Waals surface area contributed by atoms with Crippen LogP contribution in [0.1, 0.15) is 52.9 Å². The van der Waals surface area contributed by atoms with Crippen molar-refractivity contribution in [3.05, 3.63) is 51.2 Å². The van der Waals surface area contributed by atoms with Crippen LogP contribution in [0.2, 0.25) is 0 Å². The summed E-state index contributed by atoms with van der Waals surface area (Å²) in [6, 6.07) is 7.49. The van der Waals surface area contributed by atoms with Crippen LogP contribution in [0.25, 0.3) is 0 Å². The van der Waals surface area contributed by atoms with E-state index in [9.17, 15) is 18.0 Å². The van der Waals surface area contributed by atoms with Crippen LogP contribution in [0, 0.1) is 11.8 Å². The lowest BCUT2D eigenvalue weighted by atomic mass is 9.90. The van der Waals surface area contributed by atoms with Crippen molar-refractivity contribution < 1.29 is 18.0 Å². The topological polar surface area (TPSA) is 117 Å². The molecule has 0 saturated heterocycles. The monoisotopic (exact) mass is 474 g/mol. The molecule has 8 nitrogen and oxygen atoms in total. The van der Waals surface area contributed by atoms with Gasteiger partial charge in [0.1, 0.15) is 11.9 Å². The molecule has 1 unspecified atom stereocenters. The van der Waals surface area contributed by atoms with E-state index >= 15 is 0 Å². The number of amides is 2. The molecule has 170 valence electrons. The summed E-state index contributed by atoms with van der Waals surface area (Å²) in [5.41, 5.74) is 6.57. The number of aliphatic imine (C=N–C) groups is 1. The minimum absolute atomic E-state index is 0.126. The summed E-state index contributed by atoms with van der Waals surface area (Å²) in [5.74, 6) is -0.378. The van der Waals surface area contributed by atoms with E-state index < -0.39 is 22.0 Å². The number of carbonyl (C=O) groups is 2. The number of fused-ring (bicyclic) bond motifs is 2. The Hall–Kier alpha value is -2.72. The summed E-state index contributed by atoms with van der Waals surface area (Å²) in [7, 11) is -3.70. The molecule has 3 N–H and O–H groups in total. The molecule has 10 heteroatoms. The molecule has 2 aromatic rings. The molecular weight excluding hydrogens is 448 g/mol. The Morgan fingerprint density at radius 2 is 1.97 bits per heavy atom. The average molecular weight is 475 g/mol. The maximum Gasteiger partial charge on any atom is 0.279 e. The second-order valence-corrected chi connectivity index (χ2v) is 11.4. The highest BCUT2D eigenvalue weighted by Gasteiger charge is 2.32. The molecule has 0 bridgehead atoms. The molecule has 2 aliphatic rings. The summed E-state index contributed by atoms with van der Waals surface area (Å²) in [5, 5.41) is 0. The molecule has 0 saturated carbocycles. The van der Waals surface area contributed by atoms with E-state index in [1.54, 1.807) is 32.0 Å². The Labute approximate surface area is 191 Å². The molecule has 0 radical (unpaired) electrons. The van der Waals surface area contributed by atoms with Crippen molar-refractivity contribution in [1.29, 1.82) is 0 Å². The lowest BCUT2D eigenvalue weighted by molar-refractivity contribution is -0.123. The largest absolute Gasteiger partial charge is 0.279 e. The smallest absolute Gasteiger partial charge is 0.271 e. The standard InChI is InChI=1S/C22H26N4O4S2/c1-12(2)19(23-20-15-6-4-5-7-18(15)32(29,30)26-20)22(28)25-24-21(27)17-11-14-10-13(3)8-9-16(14)31-17/h4-7,11-13,19H,8-10H2,1-3H3,(H,23,26)(H,24,27)(H,25,28)/t13?,19-/m0/s1. The van der Waals surface area contributed by atoms with Crippen molar-refractivity contribution in [2.45, 2.75) is 51.0 Å². The number of hydrogen-bond acceptors (Lipinski definition) is 6. The number of sulfonamides is 1. The SMILES string of the molecule is CC1CCc2sc(C(=O)NNC(=O)[C@@H](N=C3NS(=O)(=O)c4ccccc43)C(C)C)cc2C1. The Morgan fingerprint density at radius 3 is 2.72 bits per heavy atom. The summed E-state index contributed by atoms with van der Waals surface area (Å²) in [6.45, 7) is 5.82. The van der Waals surface area contributed by atoms with E-state index in [0.717, 1.165) is 19.3 Å². The van der Waals surface area contributed by atoms with E-state index in [0.29, 0.717) is 16.4 Å². The van der Waals surface area contributed by atoms with Gasteiger partial charge in [-0.1, -0.05) is 32.9 Å². The zero-order valence-electron chi connectivity index (χ0n) is 18.1. The maximum atomic E-state index is 12.8. The van der Waals surface area contributed by atoms with Crippen LogP contribution < -0.4 is 15.6 Å². The molecular formula is C22H26N4O4S2. The van der Waals surface area contributed by atoms with Gasteiger partial charge in [0.25, 0.3) is 21.8 Å². The van der Waals surface area contributed by atoms with Gasteiger partial charge in [-0.3, -0.25) is 30.2 Å². The number of nitrogens with zero attached hydrogens (tertiary/aromatic N) is 1. The van der Waals surface area contributed by atoms with Crippen molar-refractivity contribution in [3.8, 4) is 0 Å². The third kappa shape index (κ3) is 4.42. The first-order valence-electron chi connectivity index (χ1n) is 10.6. The molecule has 0 spiro atoms. The van der Waals surface area contributed by atoms with Crippen molar-refractivity contribution in [2.75, 3.05) is 0 Å². The normalized spacial score (nSPS) is 20.9. The van der Waals surface area contributed by atoms with Crippen molar-refractivity contribution in [2.24, 2.45) is 16.8 Å². The average Bonchev–Trinajstić information content (AvgIpc) is 3.28. The number of carbonyl (C=O) groups excluding carboxylic acids is 2. The first-order valence-corrected chi connectivity index (χ1v) is 12.9. The minimum Gasteiger partial charge on any atom is -0.271 e. The van der Waals surface area contributed by atoms with Gasteiger partial charge in [0, 0.05) is 10.4 Å². The fraction of sp³-hybridized carbons (Fsp3) is 0.409. The highest BCUT2D eigenvalue weighted by molar-refractivity contribution is 7.90. The van der Waals surface area contributed by atoms with Gasteiger partial charge in [0.2, 0.25) is 0 Å². The molecule has 2 heterocycles. The van der Waals surface area contributed by atoms with E-state index in [1.165, 1.54) is 27.8 Å². The minimum atomic E-state index is -3.70. The van der Waals surface area contributed by atoms with Crippen LogP contribution in [0.3, 0.4) is 0 Å². The molecule has 1 aromatic carbocycles. The van der Waals surface area contributed by atoms with Crippen LogP contribution in [0.4, 0.5) is 0 Å². The lowest BCUT2D eigenvalue weighted by Gasteiger charge is -2.17. The highest BCUT2D eigenvalue weighted by atomic mass is 32.2. The van der Waals surface area contributed by atoms with E-state index in [4.69, 9.17) is 0 Å². The van der Waals surface area contributed by atoms with E-state index in [-0.39, 0.29) is 22.6 Å². The number of nitrogens with one attached hydrogen (secondary N) is 3. The first-order chi connectivity index (χ1) is 15.2. The number of thiophene rings is 1. The number of benzene rings is 1. The summed E-state index contributed by atoms with van der Waals surface area (Å²) < 4.78 is 27.0. The number of rotatable bonds is 4. The fourth-order valence-corrected chi connectivity index (χ4v) is 6.29. The Bertz CT molecular complexity index is 1200. The summed E-state index contributed by atoms with van der Waals surface area (Å²) in [4.78, 5) is 31.7.